The van der Waals surface area contributed by atoms with Crippen LogP contribution in [0, 0.1) is 5.41 Å². The molecule has 19 heavy (non-hydrogen) atoms. The molecule has 0 radical (unpaired) electrons. The third-order valence-corrected chi connectivity index (χ3v) is 3.71. The van der Waals surface area contributed by atoms with Crippen molar-refractivity contribution >= 4 is 5.97 Å². The van der Waals surface area contributed by atoms with Crippen molar-refractivity contribution < 1.29 is 9.53 Å². The minimum atomic E-state index is -0.195. The average Bonchev–Trinajstić information content (AvgIpc) is 2.72. The second-order valence-corrected chi connectivity index (χ2v) is 6.38. The lowest BCUT2D eigenvalue weighted by molar-refractivity contribution is -0.146. The van der Waals surface area contributed by atoms with Crippen LogP contribution in [-0.4, -0.2) is 18.1 Å². The molecular formula is C16H23NO2. The van der Waals surface area contributed by atoms with Gasteiger partial charge in [0.25, 0.3) is 0 Å². The molecule has 1 N–H and O–H groups in total. The van der Waals surface area contributed by atoms with Crippen molar-refractivity contribution in [3.05, 3.63) is 35.9 Å². The summed E-state index contributed by atoms with van der Waals surface area (Å²) in [5.74, 6) is -0.122. The normalized spacial score (nSPS) is 25.2. The van der Waals surface area contributed by atoms with Crippen LogP contribution in [0.1, 0.15) is 45.7 Å². The minimum Gasteiger partial charge on any atom is -0.461 e. The molecule has 0 unspecified atom stereocenters. The number of hydrogen-bond acceptors (Lipinski definition) is 3. The molecule has 3 nitrogen and oxygen atoms in total. The number of rotatable bonds is 3. The Bertz CT molecular complexity index is 436. The maximum absolute atomic E-state index is 11.9. The lowest BCUT2D eigenvalue weighted by Gasteiger charge is -2.25. The number of ether oxygens (including phenoxy) is 1. The van der Waals surface area contributed by atoms with Gasteiger partial charge in [-0.25, -0.2) is 0 Å². The van der Waals surface area contributed by atoms with E-state index in [9.17, 15) is 4.79 Å². The Kier molecular flexibility index (Phi) is 3.95. The highest BCUT2D eigenvalue weighted by Crippen LogP contribution is 2.31. The average molecular weight is 261 g/mol. The van der Waals surface area contributed by atoms with Gasteiger partial charge in [-0.05, 0) is 17.9 Å². The first-order valence-electron chi connectivity index (χ1n) is 6.89. The van der Waals surface area contributed by atoms with E-state index in [1.54, 1.807) is 0 Å². The van der Waals surface area contributed by atoms with Crippen LogP contribution in [0.3, 0.4) is 0 Å². The Labute approximate surface area is 115 Å². The van der Waals surface area contributed by atoms with Gasteiger partial charge in [-0.1, -0.05) is 51.1 Å². The van der Waals surface area contributed by atoms with E-state index in [-0.39, 0.29) is 29.6 Å². The Morgan fingerprint density at radius 1 is 1.26 bits per heavy atom. The molecule has 0 aromatic heterocycles. The molecule has 1 saturated heterocycles. The highest BCUT2D eigenvalue weighted by Gasteiger charge is 2.41. The summed E-state index contributed by atoms with van der Waals surface area (Å²) in [6.07, 6.45) is 0.750. The molecule has 1 heterocycles. The molecule has 1 aliphatic heterocycles. The predicted octanol–water partition coefficient (Wildman–Crippen LogP) is 3.07. The molecule has 1 fully saturated rings. The maximum Gasteiger partial charge on any atom is 0.323 e. The van der Waals surface area contributed by atoms with Crippen molar-refractivity contribution in [1.82, 2.24) is 5.32 Å². The van der Waals surface area contributed by atoms with E-state index in [1.165, 1.54) is 5.56 Å². The molecule has 1 aromatic carbocycles. The topological polar surface area (TPSA) is 38.3 Å². The number of cyclic esters (lactones) is 1. The largest absolute Gasteiger partial charge is 0.461 e. The summed E-state index contributed by atoms with van der Waals surface area (Å²) in [5, 5.41) is 3.37. The van der Waals surface area contributed by atoms with Crippen molar-refractivity contribution in [2.45, 2.75) is 52.3 Å². The Morgan fingerprint density at radius 3 is 2.42 bits per heavy atom. The van der Waals surface area contributed by atoms with Gasteiger partial charge < -0.3 is 4.74 Å². The highest BCUT2D eigenvalue weighted by molar-refractivity contribution is 5.78. The van der Waals surface area contributed by atoms with E-state index in [0.29, 0.717) is 0 Å². The van der Waals surface area contributed by atoms with Gasteiger partial charge in [-0.3, -0.25) is 10.1 Å². The fourth-order valence-electron chi connectivity index (χ4n) is 2.39. The first-order valence-corrected chi connectivity index (χ1v) is 6.89. The summed E-state index contributed by atoms with van der Waals surface area (Å²) < 4.78 is 5.47. The van der Waals surface area contributed by atoms with Gasteiger partial charge >= 0.3 is 5.97 Å². The zero-order valence-electron chi connectivity index (χ0n) is 12.1. The molecule has 0 saturated carbocycles. The first kappa shape index (κ1) is 14.1. The number of esters is 1. The van der Waals surface area contributed by atoms with Crippen LogP contribution in [0.15, 0.2) is 30.3 Å². The molecule has 104 valence electrons. The maximum atomic E-state index is 11.9. The van der Waals surface area contributed by atoms with E-state index in [0.717, 1.165) is 6.42 Å². The van der Waals surface area contributed by atoms with Crippen molar-refractivity contribution in [3.8, 4) is 0 Å². The number of hydrogen-bond donors (Lipinski definition) is 1. The van der Waals surface area contributed by atoms with Crippen LogP contribution >= 0.6 is 0 Å². The Balaban J connectivity index is 1.99. The fourth-order valence-corrected chi connectivity index (χ4v) is 2.39. The van der Waals surface area contributed by atoms with Crippen LogP contribution < -0.4 is 5.32 Å². The summed E-state index contributed by atoms with van der Waals surface area (Å²) in [7, 11) is 0. The number of carbonyl (C=O) groups excluding carboxylic acids is 1. The summed E-state index contributed by atoms with van der Waals surface area (Å²) >= 11 is 0. The molecule has 2 rings (SSSR count). The number of nitrogens with one attached hydrogen (secondary N) is 1. The molecule has 3 atom stereocenters. The SMILES string of the molecule is C[C@H](N[C@H]1C[C@@H](C(C)(C)C)OC1=O)c1ccccc1. The third-order valence-electron chi connectivity index (χ3n) is 3.71. The molecule has 1 aromatic rings. The van der Waals surface area contributed by atoms with Crippen LogP contribution in [0.5, 0.6) is 0 Å². The lowest BCUT2D eigenvalue weighted by atomic mass is 9.86. The van der Waals surface area contributed by atoms with E-state index >= 15 is 0 Å². The third kappa shape index (κ3) is 3.35. The molecule has 0 spiro atoms. The van der Waals surface area contributed by atoms with E-state index in [4.69, 9.17) is 4.74 Å². The molecular weight excluding hydrogens is 238 g/mol. The van der Waals surface area contributed by atoms with E-state index < -0.39 is 0 Å². The number of benzene rings is 1. The van der Waals surface area contributed by atoms with Gasteiger partial charge in [0.1, 0.15) is 12.1 Å². The molecule has 0 aliphatic carbocycles. The molecule has 0 bridgehead atoms. The van der Waals surface area contributed by atoms with Crippen LogP contribution in [0.25, 0.3) is 0 Å². The van der Waals surface area contributed by atoms with Crippen molar-refractivity contribution in [1.29, 1.82) is 0 Å². The molecule has 0 amide bonds. The summed E-state index contributed by atoms with van der Waals surface area (Å²) in [4.78, 5) is 11.9. The predicted molar refractivity (Wildman–Crippen MR) is 75.7 cm³/mol. The smallest absolute Gasteiger partial charge is 0.323 e. The van der Waals surface area contributed by atoms with Crippen LogP contribution in [0.2, 0.25) is 0 Å². The summed E-state index contributed by atoms with van der Waals surface area (Å²) in [5.41, 5.74) is 1.19. The Morgan fingerprint density at radius 2 is 1.89 bits per heavy atom. The van der Waals surface area contributed by atoms with Gasteiger partial charge in [-0.15, -0.1) is 0 Å². The second kappa shape index (κ2) is 5.33. The standard InChI is InChI=1S/C16H23NO2/c1-11(12-8-6-5-7-9-12)17-13-10-14(16(2,3)4)19-15(13)18/h5-9,11,13-14,17H,10H2,1-4H3/t11-,13-,14-/m0/s1. The first-order chi connectivity index (χ1) is 8.88. The van der Waals surface area contributed by atoms with E-state index in [1.807, 2.05) is 18.2 Å². The van der Waals surface area contributed by atoms with Crippen molar-refractivity contribution in [3.63, 3.8) is 0 Å². The quantitative estimate of drug-likeness (QED) is 0.850. The minimum absolute atomic E-state index is 0.000438. The number of carbonyl (C=O) groups is 1. The monoisotopic (exact) mass is 261 g/mol. The second-order valence-electron chi connectivity index (χ2n) is 6.38. The highest BCUT2D eigenvalue weighted by atomic mass is 16.6. The van der Waals surface area contributed by atoms with Gasteiger partial charge in [0.15, 0.2) is 0 Å². The van der Waals surface area contributed by atoms with Crippen LogP contribution in [0.4, 0.5) is 0 Å². The zero-order chi connectivity index (χ0) is 14.0. The lowest BCUT2D eigenvalue weighted by Crippen LogP contribution is -2.35. The zero-order valence-corrected chi connectivity index (χ0v) is 12.1. The summed E-state index contributed by atoms with van der Waals surface area (Å²) in [6, 6.07) is 10.1. The van der Waals surface area contributed by atoms with E-state index in [2.05, 4.69) is 45.1 Å². The molecule has 3 heteroatoms. The van der Waals surface area contributed by atoms with Gasteiger partial charge in [0.2, 0.25) is 0 Å². The van der Waals surface area contributed by atoms with Gasteiger partial charge in [-0.2, -0.15) is 0 Å². The van der Waals surface area contributed by atoms with Crippen LogP contribution in [-0.2, 0) is 9.53 Å². The van der Waals surface area contributed by atoms with Crippen molar-refractivity contribution in [2.24, 2.45) is 5.41 Å². The van der Waals surface area contributed by atoms with Gasteiger partial charge in [0.05, 0.1) is 0 Å². The van der Waals surface area contributed by atoms with Crippen molar-refractivity contribution in [2.75, 3.05) is 0 Å². The Hall–Kier alpha value is -1.35. The molecule has 1 aliphatic rings. The van der Waals surface area contributed by atoms with Gasteiger partial charge in [0, 0.05) is 12.5 Å². The summed E-state index contributed by atoms with van der Waals surface area (Å²) in [6.45, 7) is 8.39. The fraction of sp³-hybridized carbons (Fsp3) is 0.562.